The van der Waals surface area contributed by atoms with Gasteiger partial charge < -0.3 is 15.0 Å². The summed E-state index contributed by atoms with van der Waals surface area (Å²) in [5, 5.41) is 2.52. The van der Waals surface area contributed by atoms with Gasteiger partial charge in [-0.05, 0) is 36.2 Å². The maximum atomic E-state index is 15.4. The molecule has 0 radical (unpaired) electrons. The second-order valence-corrected chi connectivity index (χ2v) is 12.4. The molecule has 8 heteroatoms. The zero-order chi connectivity index (χ0) is 30.6. The fourth-order valence-electron chi connectivity index (χ4n) is 6.75. The molecular formula is C36H28N2O5S. The fourth-order valence-corrected chi connectivity index (χ4v) is 8.21. The third kappa shape index (κ3) is 4.12. The smallest absolute Gasteiger partial charge is 0.332 e. The molecule has 2 heterocycles. The number of fused-ring (bicyclic) bond motifs is 3. The van der Waals surface area contributed by atoms with Crippen LogP contribution in [0.15, 0.2) is 114 Å². The number of ether oxygens (including phenoxy) is 1. The third-order valence-electron chi connectivity index (χ3n) is 8.69. The summed E-state index contributed by atoms with van der Waals surface area (Å²) in [7, 11) is 1.29. The highest BCUT2D eigenvalue weighted by Gasteiger charge is 2.67. The molecule has 218 valence electrons. The number of nitrogens with zero attached hydrogens (tertiary/aromatic N) is 1. The number of esters is 1. The van der Waals surface area contributed by atoms with E-state index in [2.05, 4.69) is 5.32 Å². The Balaban J connectivity index is 1.53. The van der Waals surface area contributed by atoms with E-state index in [0.717, 1.165) is 21.7 Å². The molecule has 3 aliphatic rings. The molecule has 0 bridgehead atoms. The number of thioether (sulfide) groups is 1. The standard InChI is InChI=1S/C36H28N2O5S/c1-21-16-17-28-25(18-21)36(35(42)38(28)20-22-10-4-3-5-11-22,31-32(40)23-12-6-7-13-24(23)33(31)41)34-27(19-30(39)43-2)37-26-14-8-9-15-29(26)44-34/h3-19,31,34,37H,20H2,1-2H3/b27-19-/t34-,36+/m0/s1. The molecular weight excluding hydrogens is 572 g/mol. The summed E-state index contributed by atoms with van der Waals surface area (Å²) in [6.07, 6.45) is 1.33. The van der Waals surface area contributed by atoms with Gasteiger partial charge in [0.25, 0.3) is 0 Å². The van der Waals surface area contributed by atoms with E-state index in [1.54, 1.807) is 29.2 Å². The Hall–Kier alpha value is -4.95. The zero-order valence-corrected chi connectivity index (χ0v) is 24.9. The zero-order valence-electron chi connectivity index (χ0n) is 24.1. The number of nitrogens with one attached hydrogen (secondary N) is 1. The van der Waals surface area contributed by atoms with Gasteiger partial charge in [0.05, 0.1) is 24.6 Å². The first kappa shape index (κ1) is 27.9. The van der Waals surface area contributed by atoms with Gasteiger partial charge in [0, 0.05) is 33.5 Å². The lowest BCUT2D eigenvalue weighted by Crippen LogP contribution is -2.57. The van der Waals surface area contributed by atoms with E-state index in [9.17, 15) is 14.4 Å². The summed E-state index contributed by atoms with van der Waals surface area (Å²) in [5.74, 6) is -3.12. The van der Waals surface area contributed by atoms with Crippen LogP contribution in [0, 0.1) is 12.8 Å². The summed E-state index contributed by atoms with van der Waals surface area (Å²) < 4.78 is 5.02. The summed E-state index contributed by atoms with van der Waals surface area (Å²) in [5.41, 5.74) is 3.07. The first-order valence-electron chi connectivity index (χ1n) is 14.3. The number of benzene rings is 4. The molecule has 7 nitrogen and oxygen atoms in total. The van der Waals surface area contributed by atoms with Crippen molar-refractivity contribution in [3.63, 3.8) is 0 Å². The molecule has 0 saturated carbocycles. The number of anilines is 2. The van der Waals surface area contributed by atoms with E-state index < -0.39 is 34.1 Å². The number of carbonyl (C=O) groups excluding carboxylic acids is 4. The number of methoxy groups -OCH3 is 1. The molecule has 4 aromatic rings. The van der Waals surface area contributed by atoms with Crippen LogP contribution in [0.25, 0.3) is 0 Å². The Kier molecular flexibility index (Phi) is 6.74. The number of aryl methyl sites for hydroxylation is 1. The predicted octanol–water partition coefficient (Wildman–Crippen LogP) is 6.12. The number of para-hydroxylation sites is 1. The van der Waals surface area contributed by atoms with E-state index in [-0.39, 0.29) is 12.5 Å². The maximum Gasteiger partial charge on any atom is 0.332 e. The highest BCUT2D eigenvalue weighted by atomic mass is 32.2. The van der Waals surface area contributed by atoms with Crippen molar-refractivity contribution in [2.24, 2.45) is 5.92 Å². The van der Waals surface area contributed by atoms with Gasteiger partial charge in [0.1, 0.15) is 11.3 Å². The Morgan fingerprint density at radius 1 is 0.909 bits per heavy atom. The minimum Gasteiger partial charge on any atom is -0.466 e. The summed E-state index contributed by atoms with van der Waals surface area (Å²) >= 11 is 1.37. The fraction of sp³-hybridized carbons (Fsp3) is 0.167. The van der Waals surface area contributed by atoms with Crippen LogP contribution in [0.3, 0.4) is 0 Å². The summed E-state index contributed by atoms with van der Waals surface area (Å²) in [4.78, 5) is 59.6. The second kappa shape index (κ2) is 10.6. The van der Waals surface area contributed by atoms with Gasteiger partial charge in [-0.1, -0.05) is 84.4 Å². The molecule has 0 fully saturated rings. The average Bonchev–Trinajstić information content (AvgIpc) is 3.43. The number of carbonyl (C=O) groups is 4. The molecule has 1 amide bonds. The molecule has 0 aromatic heterocycles. The van der Waals surface area contributed by atoms with Crippen LogP contribution >= 0.6 is 11.8 Å². The van der Waals surface area contributed by atoms with Crippen molar-refractivity contribution in [2.75, 3.05) is 17.3 Å². The van der Waals surface area contributed by atoms with Gasteiger partial charge >= 0.3 is 5.97 Å². The number of rotatable bonds is 5. The Morgan fingerprint density at radius 2 is 1.57 bits per heavy atom. The normalized spacial score (nSPS) is 21.6. The molecule has 0 spiro atoms. The van der Waals surface area contributed by atoms with Gasteiger partial charge in [-0.2, -0.15) is 0 Å². The average molecular weight is 601 g/mol. The lowest BCUT2D eigenvalue weighted by molar-refractivity contribution is -0.135. The monoisotopic (exact) mass is 600 g/mol. The van der Waals surface area contributed by atoms with E-state index >= 15 is 4.79 Å². The number of amides is 1. The Bertz CT molecular complexity index is 1870. The number of Topliss-reactive ketones (excluding diaryl/α,β-unsaturated/α-hetero) is 2. The molecule has 1 N–H and O–H groups in total. The van der Waals surface area contributed by atoms with E-state index in [4.69, 9.17) is 4.74 Å². The van der Waals surface area contributed by atoms with Crippen molar-refractivity contribution in [1.29, 1.82) is 0 Å². The van der Waals surface area contributed by atoms with Crippen molar-refractivity contribution < 1.29 is 23.9 Å². The van der Waals surface area contributed by atoms with Crippen molar-refractivity contribution in [3.05, 3.63) is 137 Å². The first-order chi connectivity index (χ1) is 21.3. The van der Waals surface area contributed by atoms with Crippen molar-refractivity contribution in [1.82, 2.24) is 0 Å². The maximum absolute atomic E-state index is 15.4. The number of hydrogen-bond donors (Lipinski definition) is 1. The predicted molar refractivity (Wildman–Crippen MR) is 169 cm³/mol. The van der Waals surface area contributed by atoms with Gasteiger partial charge in [0.15, 0.2) is 11.6 Å². The molecule has 1 aliphatic carbocycles. The van der Waals surface area contributed by atoms with Crippen molar-refractivity contribution >= 4 is 46.6 Å². The van der Waals surface area contributed by atoms with Crippen LogP contribution in [-0.2, 0) is 26.3 Å². The summed E-state index contributed by atoms with van der Waals surface area (Å²) in [6, 6.07) is 29.7. The third-order valence-corrected chi connectivity index (χ3v) is 10.2. The minimum atomic E-state index is -1.69. The molecule has 0 unspecified atom stereocenters. The molecule has 0 saturated heterocycles. The van der Waals surface area contributed by atoms with Crippen LogP contribution in [0.4, 0.5) is 11.4 Å². The molecule has 2 aliphatic heterocycles. The highest BCUT2D eigenvalue weighted by molar-refractivity contribution is 8.00. The molecule has 4 aromatic carbocycles. The van der Waals surface area contributed by atoms with E-state index in [1.165, 1.54) is 24.9 Å². The van der Waals surface area contributed by atoms with E-state index in [1.807, 2.05) is 79.7 Å². The number of ketones is 2. The first-order valence-corrected chi connectivity index (χ1v) is 15.2. The van der Waals surface area contributed by atoms with Crippen molar-refractivity contribution in [2.45, 2.75) is 29.0 Å². The van der Waals surface area contributed by atoms with Gasteiger partial charge in [0.2, 0.25) is 5.91 Å². The van der Waals surface area contributed by atoms with Crippen LogP contribution in [0.2, 0.25) is 0 Å². The van der Waals surface area contributed by atoms with Crippen LogP contribution in [0.5, 0.6) is 0 Å². The van der Waals surface area contributed by atoms with Gasteiger partial charge in [-0.15, -0.1) is 11.8 Å². The van der Waals surface area contributed by atoms with Gasteiger partial charge in [-0.3, -0.25) is 14.4 Å². The Labute approximate surface area is 258 Å². The Morgan fingerprint density at radius 3 is 2.27 bits per heavy atom. The molecule has 44 heavy (non-hydrogen) atoms. The SMILES string of the molecule is COC(=O)/C=C1\Nc2ccccc2S[C@@H]1[C@@]1(C2C(=O)c3ccccc3C2=O)C(=O)N(Cc2ccccc2)c2ccc(C)cc21. The van der Waals surface area contributed by atoms with Crippen LogP contribution in [-0.4, -0.2) is 35.8 Å². The minimum absolute atomic E-state index is 0.247. The lowest BCUT2D eigenvalue weighted by atomic mass is 9.65. The second-order valence-electron chi connectivity index (χ2n) is 11.2. The highest BCUT2D eigenvalue weighted by Crippen LogP contribution is 2.59. The van der Waals surface area contributed by atoms with Crippen LogP contribution in [0.1, 0.15) is 37.4 Å². The van der Waals surface area contributed by atoms with Gasteiger partial charge in [-0.25, -0.2) is 4.79 Å². The lowest BCUT2D eigenvalue weighted by Gasteiger charge is -2.43. The van der Waals surface area contributed by atoms with Crippen LogP contribution < -0.4 is 10.2 Å². The number of hydrogen-bond acceptors (Lipinski definition) is 7. The quantitative estimate of drug-likeness (QED) is 0.168. The molecule has 2 atom stereocenters. The largest absolute Gasteiger partial charge is 0.466 e. The van der Waals surface area contributed by atoms with E-state index in [0.29, 0.717) is 28.1 Å². The van der Waals surface area contributed by atoms with Crippen molar-refractivity contribution in [3.8, 4) is 0 Å². The molecule has 7 rings (SSSR count). The topological polar surface area (TPSA) is 92.8 Å². The summed E-state index contributed by atoms with van der Waals surface area (Å²) in [6.45, 7) is 2.17.